The summed E-state index contributed by atoms with van der Waals surface area (Å²) in [5.74, 6) is 0.369. The fourth-order valence-corrected chi connectivity index (χ4v) is 2.01. The Labute approximate surface area is 135 Å². The molecule has 2 rings (SSSR count). The molecule has 0 bridgehead atoms. The second-order valence-corrected chi connectivity index (χ2v) is 5.04. The SMILES string of the molecule is CCOc1ccc(C(=O)N/C(C=O)=C\c2ccc(C)cc2)cc1. The van der Waals surface area contributed by atoms with E-state index in [1.807, 2.05) is 38.1 Å². The second-order valence-electron chi connectivity index (χ2n) is 5.04. The Morgan fingerprint density at radius 2 is 1.74 bits per heavy atom. The van der Waals surface area contributed by atoms with Crippen LogP contribution in [0.4, 0.5) is 0 Å². The quantitative estimate of drug-likeness (QED) is 0.657. The summed E-state index contributed by atoms with van der Waals surface area (Å²) in [7, 11) is 0. The van der Waals surface area contributed by atoms with Crippen molar-refractivity contribution >= 4 is 18.3 Å². The summed E-state index contributed by atoms with van der Waals surface area (Å²) in [5.41, 5.74) is 2.66. The predicted molar refractivity (Wildman–Crippen MR) is 90.3 cm³/mol. The lowest BCUT2D eigenvalue weighted by Crippen LogP contribution is -2.23. The van der Waals surface area contributed by atoms with Crippen LogP contribution in [0.2, 0.25) is 0 Å². The number of hydrogen-bond acceptors (Lipinski definition) is 3. The lowest BCUT2D eigenvalue weighted by atomic mass is 10.1. The van der Waals surface area contributed by atoms with Crippen LogP contribution in [-0.2, 0) is 4.79 Å². The molecule has 2 aromatic carbocycles. The number of nitrogens with one attached hydrogen (secondary N) is 1. The molecule has 0 aliphatic heterocycles. The van der Waals surface area contributed by atoms with Crippen LogP contribution in [0, 0.1) is 6.92 Å². The molecule has 0 saturated heterocycles. The van der Waals surface area contributed by atoms with Crippen molar-refractivity contribution in [3.05, 3.63) is 70.9 Å². The van der Waals surface area contributed by atoms with Crippen LogP contribution < -0.4 is 10.1 Å². The predicted octanol–water partition coefficient (Wildman–Crippen LogP) is 3.36. The maximum atomic E-state index is 12.2. The van der Waals surface area contributed by atoms with Gasteiger partial charge in [-0.05, 0) is 49.8 Å². The number of carbonyl (C=O) groups is 2. The molecule has 0 saturated carbocycles. The zero-order valence-corrected chi connectivity index (χ0v) is 13.2. The van der Waals surface area contributed by atoms with Gasteiger partial charge in [0.15, 0.2) is 6.29 Å². The molecule has 4 nitrogen and oxygen atoms in total. The monoisotopic (exact) mass is 309 g/mol. The molecular formula is C19H19NO3. The third kappa shape index (κ3) is 4.81. The molecule has 1 N–H and O–H groups in total. The van der Waals surface area contributed by atoms with Crippen LogP contribution in [0.25, 0.3) is 6.08 Å². The van der Waals surface area contributed by atoms with Gasteiger partial charge in [0.2, 0.25) is 0 Å². The minimum atomic E-state index is -0.335. The molecule has 118 valence electrons. The molecule has 1 amide bonds. The normalized spacial score (nSPS) is 11.0. The molecule has 0 spiro atoms. The Bertz CT molecular complexity index is 700. The first-order valence-corrected chi connectivity index (χ1v) is 7.40. The Morgan fingerprint density at radius 3 is 2.30 bits per heavy atom. The lowest BCUT2D eigenvalue weighted by molar-refractivity contribution is -0.105. The highest BCUT2D eigenvalue weighted by atomic mass is 16.5. The van der Waals surface area contributed by atoms with Crippen molar-refractivity contribution in [3.63, 3.8) is 0 Å². The first kappa shape index (κ1) is 16.5. The number of rotatable bonds is 6. The number of amides is 1. The average Bonchev–Trinajstić information content (AvgIpc) is 2.57. The number of allylic oxidation sites excluding steroid dienone is 1. The van der Waals surface area contributed by atoms with Crippen LogP contribution in [-0.4, -0.2) is 18.8 Å². The van der Waals surface area contributed by atoms with Gasteiger partial charge in [0.1, 0.15) is 5.75 Å². The van der Waals surface area contributed by atoms with Crippen LogP contribution in [0.3, 0.4) is 0 Å². The van der Waals surface area contributed by atoms with Crippen molar-refractivity contribution in [2.75, 3.05) is 6.61 Å². The van der Waals surface area contributed by atoms with Crippen LogP contribution in [0.15, 0.2) is 54.2 Å². The van der Waals surface area contributed by atoms with Crippen molar-refractivity contribution in [3.8, 4) is 5.75 Å². The highest BCUT2D eigenvalue weighted by Gasteiger charge is 2.07. The maximum absolute atomic E-state index is 12.2. The van der Waals surface area contributed by atoms with Crippen LogP contribution in [0.1, 0.15) is 28.4 Å². The molecule has 23 heavy (non-hydrogen) atoms. The largest absolute Gasteiger partial charge is 0.494 e. The number of carbonyl (C=O) groups excluding carboxylic acids is 2. The smallest absolute Gasteiger partial charge is 0.255 e. The fraction of sp³-hybridized carbons (Fsp3) is 0.158. The van der Waals surface area contributed by atoms with E-state index < -0.39 is 0 Å². The second kappa shape index (κ2) is 7.94. The molecule has 0 unspecified atom stereocenters. The van der Waals surface area contributed by atoms with Gasteiger partial charge < -0.3 is 10.1 Å². The summed E-state index contributed by atoms with van der Waals surface area (Å²) >= 11 is 0. The van der Waals surface area contributed by atoms with E-state index in [0.717, 1.165) is 11.1 Å². The molecule has 0 aliphatic rings. The lowest BCUT2D eigenvalue weighted by Gasteiger charge is -2.06. The minimum absolute atomic E-state index is 0.215. The minimum Gasteiger partial charge on any atom is -0.494 e. The summed E-state index contributed by atoms with van der Waals surface area (Å²) in [4.78, 5) is 23.4. The van der Waals surface area contributed by atoms with Crippen molar-refractivity contribution in [1.82, 2.24) is 5.32 Å². The summed E-state index contributed by atoms with van der Waals surface area (Å²) in [6, 6.07) is 14.4. The highest BCUT2D eigenvalue weighted by Crippen LogP contribution is 2.12. The Hall–Kier alpha value is -2.88. The van der Waals surface area contributed by atoms with E-state index in [1.54, 1.807) is 30.3 Å². The third-order valence-electron chi connectivity index (χ3n) is 3.21. The molecule has 0 fully saturated rings. The topological polar surface area (TPSA) is 55.4 Å². The summed E-state index contributed by atoms with van der Waals surface area (Å²) < 4.78 is 5.33. The number of benzene rings is 2. The average molecular weight is 309 g/mol. The number of hydrogen-bond donors (Lipinski definition) is 1. The van der Waals surface area contributed by atoms with Gasteiger partial charge in [0.05, 0.1) is 12.3 Å². The van der Waals surface area contributed by atoms with Gasteiger partial charge in [0.25, 0.3) is 5.91 Å². The molecule has 0 radical (unpaired) electrons. The van der Waals surface area contributed by atoms with Crippen molar-refractivity contribution in [2.24, 2.45) is 0 Å². The van der Waals surface area contributed by atoms with Gasteiger partial charge in [-0.2, -0.15) is 0 Å². The van der Waals surface area contributed by atoms with Crippen molar-refractivity contribution in [2.45, 2.75) is 13.8 Å². The summed E-state index contributed by atoms with van der Waals surface area (Å²) in [5, 5.41) is 2.61. The highest BCUT2D eigenvalue weighted by molar-refractivity contribution is 5.99. The Kier molecular flexibility index (Phi) is 5.69. The number of aryl methyl sites for hydroxylation is 1. The van der Waals surface area contributed by atoms with E-state index in [-0.39, 0.29) is 11.6 Å². The van der Waals surface area contributed by atoms with E-state index in [9.17, 15) is 9.59 Å². The van der Waals surface area contributed by atoms with E-state index in [4.69, 9.17) is 4.74 Å². The van der Waals surface area contributed by atoms with E-state index in [0.29, 0.717) is 24.2 Å². The molecule has 0 heterocycles. The van der Waals surface area contributed by atoms with E-state index >= 15 is 0 Å². The molecule has 0 aromatic heterocycles. The maximum Gasteiger partial charge on any atom is 0.255 e. The van der Waals surface area contributed by atoms with Gasteiger partial charge >= 0.3 is 0 Å². The van der Waals surface area contributed by atoms with E-state index in [2.05, 4.69) is 5.32 Å². The summed E-state index contributed by atoms with van der Waals surface area (Å²) in [6.07, 6.45) is 2.27. The van der Waals surface area contributed by atoms with Gasteiger partial charge in [-0.3, -0.25) is 9.59 Å². The Morgan fingerprint density at radius 1 is 1.09 bits per heavy atom. The number of ether oxygens (including phenoxy) is 1. The number of aldehydes is 1. The van der Waals surface area contributed by atoms with Gasteiger partial charge in [0, 0.05) is 5.56 Å². The zero-order valence-electron chi connectivity index (χ0n) is 13.2. The van der Waals surface area contributed by atoms with Crippen molar-refractivity contribution < 1.29 is 14.3 Å². The van der Waals surface area contributed by atoms with E-state index in [1.165, 1.54) is 0 Å². The summed E-state index contributed by atoms with van der Waals surface area (Å²) in [6.45, 7) is 4.45. The van der Waals surface area contributed by atoms with Crippen molar-refractivity contribution in [1.29, 1.82) is 0 Å². The first-order valence-electron chi connectivity index (χ1n) is 7.40. The molecular weight excluding hydrogens is 290 g/mol. The third-order valence-corrected chi connectivity index (χ3v) is 3.21. The Balaban J connectivity index is 2.09. The zero-order chi connectivity index (χ0) is 16.7. The van der Waals surface area contributed by atoms with Gasteiger partial charge in [-0.15, -0.1) is 0 Å². The molecule has 0 aliphatic carbocycles. The molecule has 2 aromatic rings. The first-order chi connectivity index (χ1) is 11.1. The van der Waals surface area contributed by atoms with Gasteiger partial charge in [-0.25, -0.2) is 0 Å². The van der Waals surface area contributed by atoms with Gasteiger partial charge in [-0.1, -0.05) is 29.8 Å². The fourth-order valence-electron chi connectivity index (χ4n) is 2.01. The van der Waals surface area contributed by atoms with Crippen LogP contribution in [0.5, 0.6) is 5.75 Å². The molecule has 4 heteroatoms. The van der Waals surface area contributed by atoms with Crippen LogP contribution >= 0.6 is 0 Å². The standard InChI is InChI=1S/C19H19NO3/c1-3-23-18-10-8-16(9-11-18)19(22)20-17(13-21)12-15-6-4-14(2)5-7-15/h4-13H,3H2,1-2H3,(H,20,22)/b17-12-. The molecule has 0 atom stereocenters.